The summed E-state index contributed by atoms with van der Waals surface area (Å²) in [6.45, 7) is 2.83. The fraction of sp³-hybridized carbons (Fsp3) is 0.545. The SMILES string of the molecule is c1cn(CCn2cncc2C2CCCN2)nn1. The summed E-state index contributed by atoms with van der Waals surface area (Å²) in [4.78, 5) is 4.24. The number of nitrogens with zero attached hydrogens (tertiary/aromatic N) is 5. The molecule has 6 heteroatoms. The molecule has 0 aromatic carbocycles. The Balaban J connectivity index is 1.68. The molecule has 0 aliphatic carbocycles. The van der Waals surface area contributed by atoms with Crippen molar-refractivity contribution >= 4 is 0 Å². The highest BCUT2D eigenvalue weighted by atomic mass is 15.4. The number of aryl methyl sites for hydroxylation is 2. The maximum absolute atomic E-state index is 4.24. The first-order valence-corrected chi connectivity index (χ1v) is 6.01. The average Bonchev–Trinajstić information content (AvgIpc) is 3.09. The van der Waals surface area contributed by atoms with Gasteiger partial charge in [0.2, 0.25) is 0 Å². The molecule has 0 radical (unpaired) electrons. The van der Waals surface area contributed by atoms with Crippen LogP contribution in [0.4, 0.5) is 0 Å². The van der Waals surface area contributed by atoms with Gasteiger partial charge in [0, 0.05) is 25.0 Å². The Morgan fingerprint density at radius 2 is 2.41 bits per heavy atom. The summed E-state index contributed by atoms with van der Waals surface area (Å²) < 4.78 is 4.04. The highest BCUT2D eigenvalue weighted by molar-refractivity contribution is 5.07. The van der Waals surface area contributed by atoms with E-state index in [9.17, 15) is 0 Å². The minimum absolute atomic E-state index is 0.466. The van der Waals surface area contributed by atoms with Crippen molar-refractivity contribution in [3.63, 3.8) is 0 Å². The van der Waals surface area contributed by atoms with Gasteiger partial charge in [-0.1, -0.05) is 5.21 Å². The number of imidazole rings is 1. The zero-order valence-electron chi connectivity index (χ0n) is 9.66. The molecule has 90 valence electrons. The van der Waals surface area contributed by atoms with Crippen LogP contribution >= 0.6 is 0 Å². The van der Waals surface area contributed by atoms with E-state index in [0.717, 1.165) is 19.6 Å². The fourth-order valence-corrected chi connectivity index (χ4v) is 2.31. The van der Waals surface area contributed by atoms with Gasteiger partial charge in [0.1, 0.15) is 0 Å². The Labute approximate surface area is 99.7 Å². The summed E-state index contributed by atoms with van der Waals surface area (Å²) >= 11 is 0. The number of aromatic nitrogens is 5. The lowest BCUT2D eigenvalue weighted by atomic mass is 10.2. The van der Waals surface area contributed by atoms with Crippen LogP contribution in [0.25, 0.3) is 0 Å². The summed E-state index contributed by atoms with van der Waals surface area (Å²) in [6.07, 6.45) is 9.89. The molecular formula is C11H16N6. The van der Waals surface area contributed by atoms with Gasteiger partial charge in [-0.2, -0.15) is 0 Å². The molecule has 0 amide bonds. The van der Waals surface area contributed by atoms with Crippen LogP contribution in [-0.4, -0.2) is 31.1 Å². The van der Waals surface area contributed by atoms with Crippen LogP contribution in [0, 0.1) is 0 Å². The Hall–Kier alpha value is -1.69. The fourth-order valence-electron chi connectivity index (χ4n) is 2.31. The summed E-state index contributed by atoms with van der Waals surface area (Å²) in [5.74, 6) is 0. The summed E-state index contributed by atoms with van der Waals surface area (Å²) in [7, 11) is 0. The molecule has 1 saturated heterocycles. The van der Waals surface area contributed by atoms with Crippen molar-refractivity contribution in [2.75, 3.05) is 6.54 Å². The van der Waals surface area contributed by atoms with Gasteiger partial charge in [0.25, 0.3) is 0 Å². The number of nitrogens with one attached hydrogen (secondary N) is 1. The minimum Gasteiger partial charge on any atom is -0.331 e. The predicted octanol–water partition coefficient (Wildman–Crippen LogP) is 0.599. The van der Waals surface area contributed by atoms with Crippen molar-refractivity contribution in [2.24, 2.45) is 0 Å². The van der Waals surface area contributed by atoms with Crippen LogP contribution in [0.5, 0.6) is 0 Å². The second kappa shape index (κ2) is 4.67. The lowest BCUT2D eigenvalue weighted by Gasteiger charge is -2.13. The Bertz CT molecular complexity index is 454. The highest BCUT2D eigenvalue weighted by Gasteiger charge is 2.19. The lowest BCUT2D eigenvalue weighted by Crippen LogP contribution is -2.18. The van der Waals surface area contributed by atoms with E-state index in [-0.39, 0.29) is 0 Å². The maximum atomic E-state index is 4.24. The standard InChI is InChI=1S/C11H16N6/c1-2-10(13-3-1)11-8-12-9-16(11)6-7-17-5-4-14-15-17/h4-5,8-10,13H,1-3,6-7H2. The van der Waals surface area contributed by atoms with Gasteiger partial charge in [-0.15, -0.1) is 5.10 Å². The van der Waals surface area contributed by atoms with Gasteiger partial charge >= 0.3 is 0 Å². The van der Waals surface area contributed by atoms with Crippen LogP contribution in [0.1, 0.15) is 24.6 Å². The van der Waals surface area contributed by atoms with E-state index >= 15 is 0 Å². The van der Waals surface area contributed by atoms with Crippen molar-refractivity contribution in [1.29, 1.82) is 0 Å². The molecule has 17 heavy (non-hydrogen) atoms. The normalized spacial score (nSPS) is 19.9. The number of hydrogen-bond donors (Lipinski definition) is 1. The summed E-state index contributed by atoms with van der Waals surface area (Å²) in [5.41, 5.74) is 1.28. The number of rotatable bonds is 4. The summed E-state index contributed by atoms with van der Waals surface area (Å²) in [6, 6.07) is 0.466. The Kier molecular flexibility index (Phi) is 2.87. The largest absolute Gasteiger partial charge is 0.331 e. The maximum Gasteiger partial charge on any atom is 0.0949 e. The third-order valence-electron chi connectivity index (χ3n) is 3.20. The zero-order chi connectivity index (χ0) is 11.5. The van der Waals surface area contributed by atoms with E-state index in [0.29, 0.717) is 6.04 Å². The molecule has 3 heterocycles. The monoisotopic (exact) mass is 232 g/mol. The zero-order valence-corrected chi connectivity index (χ0v) is 9.66. The molecule has 1 fully saturated rings. The first kappa shape index (κ1) is 10.5. The molecule has 2 aromatic heterocycles. The van der Waals surface area contributed by atoms with Gasteiger partial charge in [-0.3, -0.25) is 4.68 Å². The third kappa shape index (κ3) is 2.21. The lowest BCUT2D eigenvalue weighted by molar-refractivity contribution is 0.489. The molecular weight excluding hydrogens is 216 g/mol. The van der Waals surface area contributed by atoms with Crippen molar-refractivity contribution in [1.82, 2.24) is 29.9 Å². The van der Waals surface area contributed by atoms with Gasteiger partial charge in [-0.05, 0) is 19.4 Å². The minimum atomic E-state index is 0.466. The van der Waals surface area contributed by atoms with Crippen LogP contribution in [0.3, 0.4) is 0 Å². The topological polar surface area (TPSA) is 60.6 Å². The van der Waals surface area contributed by atoms with E-state index in [1.807, 2.05) is 23.4 Å². The van der Waals surface area contributed by atoms with Crippen molar-refractivity contribution < 1.29 is 0 Å². The predicted molar refractivity (Wildman–Crippen MR) is 62.2 cm³/mol. The molecule has 0 spiro atoms. The Morgan fingerprint density at radius 1 is 1.41 bits per heavy atom. The van der Waals surface area contributed by atoms with E-state index in [1.54, 1.807) is 6.20 Å². The molecule has 6 nitrogen and oxygen atoms in total. The van der Waals surface area contributed by atoms with E-state index < -0.39 is 0 Å². The first-order chi connectivity index (χ1) is 8.43. The number of hydrogen-bond acceptors (Lipinski definition) is 4. The van der Waals surface area contributed by atoms with Crippen LogP contribution in [0.15, 0.2) is 24.9 Å². The van der Waals surface area contributed by atoms with Crippen LogP contribution < -0.4 is 5.32 Å². The molecule has 2 aromatic rings. The van der Waals surface area contributed by atoms with Crippen molar-refractivity contribution in [3.05, 3.63) is 30.6 Å². The molecule has 3 rings (SSSR count). The molecule has 0 bridgehead atoms. The van der Waals surface area contributed by atoms with E-state index in [4.69, 9.17) is 0 Å². The van der Waals surface area contributed by atoms with Gasteiger partial charge in [0.15, 0.2) is 0 Å². The molecule has 1 atom stereocenters. The van der Waals surface area contributed by atoms with E-state index in [2.05, 4.69) is 25.2 Å². The van der Waals surface area contributed by atoms with Crippen LogP contribution in [0.2, 0.25) is 0 Å². The quantitative estimate of drug-likeness (QED) is 0.838. The first-order valence-electron chi connectivity index (χ1n) is 6.01. The highest BCUT2D eigenvalue weighted by Crippen LogP contribution is 2.22. The van der Waals surface area contributed by atoms with E-state index in [1.165, 1.54) is 18.5 Å². The molecule has 1 unspecified atom stereocenters. The van der Waals surface area contributed by atoms with Crippen molar-refractivity contribution in [3.8, 4) is 0 Å². The molecule has 1 aliphatic rings. The second-order valence-corrected chi connectivity index (χ2v) is 4.33. The van der Waals surface area contributed by atoms with Crippen LogP contribution in [-0.2, 0) is 13.1 Å². The molecule has 1 aliphatic heterocycles. The van der Waals surface area contributed by atoms with Gasteiger partial charge in [0.05, 0.1) is 24.8 Å². The van der Waals surface area contributed by atoms with Gasteiger partial charge < -0.3 is 9.88 Å². The smallest absolute Gasteiger partial charge is 0.0949 e. The van der Waals surface area contributed by atoms with Crippen molar-refractivity contribution in [2.45, 2.75) is 32.0 Å². The summed E-state index contributed by atoms with van der Waals surface area (Å²) in [5, 5.41) is 11.3. The van der Waals surface area contributed by atoms with Gasteiger partial charge in [-0.25, -0.2) is 4.98 Å². The second-order valence-electron chi connectivity index (χ2n) is 4.33. The third-order valence-corrected chi connectivity index (χ3v) is 3.20. The molecule has 1 N–H and O–H groups in total. The Morgan fingerprint density at radius 3 is 3.18 bits per heavy atom. The molecule has 0 saturated carbocycles. The average molecular weight is 232 g/mol.